The number of benzene rings is 2. The second kappa shape index (κ2) is 11.3. The van der Waals surface area contributed by atoms with E-state index >= 15 is 0 Å². The van der Waals surface area contributed by atoms with E-state index in [4.69, 9.17) is 4.74 Å². The van der Waals surface area contributed by atoms with Crippen LogP contribution in [0.25, 0.3) is 0 Å². The van der Waals surface area contributed by atoms with E-state index in [9.17, 15) is 19.5 Å². The van der Waals surface area contributed by atoms with Gasteiger partial charge in [0.05, 0.1) is 35.8 Å². The highest BCUT2D eigenvalue weighted by Crippen LogP contribution is 2.68. The molecule has 3 aliphatic heterocycles. The number of hydrogen-bond donors (Lipinski definition) is 1. The maximum atomic E-state index is 14.9. The van der Waals surface area contributed by atoms with Gasteiger partial charge in [0.15, 0.2) is 0 Å². The molecule has 3 fully saturated rings. The quantitative estimate of drug-likeness (QED) is 0.249. The number of aliphatic hydroxyl groups excluding tert-OH is 1. The summed E-state index contributed by atoms with van der Waals surface area (Å²) < 4.78 is 4.61. The van der Waals surface area contributed by atoms with Gasteiger partial charge in [0.2, 0.25) is 5.91 Å². The zero-order chi connectivity index (χ0) is 28.8. The van der Waals surface area contributed by atoms with E-state index < -0.39 is 34.6 Å². The molecule has 212 valence electrons. The van der Waals surface area contributed by atoms with Gasteiger partial charge in [0.1, 0.15) is 6.04 Å². The fourth-order valence-electron chi connectivity index (χ4n) is 7.02. The number of aryl methyl sites for hydroxylation is 2. The standard InChI is InChI=1S/C31H35BrN2O5S/c1-5-15-33(25-18(3)11-10-12-19(25)4)29(37)27-31-16-21(32)26(40-31)23(30(38)39-6-2)24(31)28(36)34(27)22(17-35)20-13-8-7-9-14-20/h5,7-14,21-24,26-27,35H,1,6,15-17H2,2-4H3/t21?,22-,23-,24+,26-,27?,31?/m1/s1. The molecule has 2 bridgehead atoms. The number of carbonyl (C=O) groups is 3. The van der Waals surface area contributed by atoms with Crippen LogP contribution in [0.2, 0.25) is 0 Å². The first kappa shape index (κ1) is 28.9. The van der Waals surface area contributed by atoms with Gasteiger partial charge in [0.25, 0.3) is 5.91 Å². The van der Waals surface area contributed by atoms with E-state index in [1.807, 2.05) is 62.4 Å². The molecule has 40 heavy (non-hydrogen) atoms. The van der Waals surface area contributed by atoms with Crippen LogP contribution < -0.4 is 4.90 Å². The molecule has 1 spiro atoms. The summed E-state index contributed by atoms with van der Waals surface area (Å²) in [7, 11) is 0. The summed E-state index contributed by atoms with van der Waals surface area (Å²) in [6.07, 6.45) is 2.23. The Morgan fingerprint density at radius 2 is 1.90 bits per heavy atom. The average molecular weight is 628 g/mol. The van der Waals surface area contributed by atoms with Gasteiger partial charge in [-0.1, -0.05) is 70.5 Å². The number of para-hydroxylation sites is 1. The molecule has 3 saturated heterocycles. The Kier molecular flexibility index (Phi) is 8.19. The molecule has 0 saturated carbocycles. The number of anilines is 1. The Labute approximate surface area is 248 Å². The molecular formula is C31H35BrN2O5S. The minimum atomic E-state index is -0.907. The predicted molar refractivity (Wildman–Crippen MR) is 160 cm³/mol. The Hall–Kier alpha value is -2.62. The van der Waals surface area contributed by atoms with Crippen molar-refractivity contribution in [1.29, 1.82) is 0 Å². The van der Waals surface area contributed by atoms with Crippen LogP contribution >= 0.6 is 27.7 Å². The number of esters is 1. The van der Waals surface area contributed by atoms with Crippen molar-refractivity contribution in [1.82, 2.24) is 4.90 Å². The molecule has 0 aliphatic carbocycles. The maximum Gasteiger partial charge on any atom is 0.310 e. The lowest BCUT2D eigenvalue weighted by Gasteiger charge is -2.40. The molecule has 3 unspecified atom stereocenters. The second-order valence-electron chi connectivity index (χ2n) is 10.7. The van der Waals surface area contributed by atoms with Crippen LogP contribution in [-0.4, -0.2) is 68.4 Å². The topological polar surface area (TPSA) is 87.2 Å². The van der Waals surface area contributed by atoms with Crippen molar-refractivity contribution in [3.63, 3.8) is 0 Å². The first-order valence-corrected chi connectivity index (χ1v) is 15.5. The average Bonchev–Trinajstić information content (AvgIpc) is 3.52. The third-order valence-electron chi connectivity index (χ3n) is 8.50. The molecule has 7 atom stereocenters. The van der Waals surface area contributed by atoms with Crippen LogP contribution in [0.5, 0.6) is 0 Å². The number of fused-ring (bicyclic) bond motifs is 1. The largest absolute Gasteiger partial charge is 0.466 e. The molecule has 0 radical (unpaired) electrons. The van der Waals surface area contributed by atoms with Gasteiger partial charge in [-0.3, -0.25) is 14.4 Å². The minimum Gasteiger partial charge on any atom is -0.466 e. The Balaban J connectivity index is 1.69. The summed E-state index contributed by atoms with van der Waals surface area (Å²) in [6, 6.07) is 13.5. The molecule has 2 aromatic rings. The molecule has 7 nitrogen and oxygen atoms in total. The molecule has 2 amide bonds. The zero-order valence-electron chi connectivity index (χ0n) is 23.0. The number of halogens is 1. The van der Waals surface area contributed by atoms with E-state index in [2.05, 4.69) is 22.5 Å². The zero-order valence-corrected chi connectivity index (χ0v) is 25.4. The summed E-state index contributed by atoms with van der Waals surface area (Å²) in [5.74, 6) is -2.34. The summed E-state index contributed by atoms with van der Waals surface area (Å²) in [5, 5.41) is 10.5. The second-order valence-corrected chi connectivity index (χ2v) is 13.5. The van der Waals surface area contributed by atoms with Crippen LogP contribution in [0.15, 0.2) is 61.2 Å². The van der Waals surface area contributed by atoms with Crippen molar-refractivity contribution >= 4 is 51.2 Å². The van der Waals surface area contributed by atoms with Crippen LogP contribution in [0, 0.1) is 25.7 Å². The Morgan fingerprint density at radius 1 is 1.23 bits per heavy atom. The van der Waals surface area contributed by atoms with Gasteiger partial charge in [0, 0.05) is 22.3 Å². The number of thioether (sulfide) groups is 1. The fraction of sp³-hybridized carbons (Fsp3) is 0.452. The number of likely N-dealkylation sites (tertiary alicyclic amines) is 1. The van der Waals surface area contributed by atoms with E-state index in [1.165, 1.54) is 0 Å². The van der Waals surface area contributed by atoms with Gasteiger partial charge in [-0.25, -0.2) is 0 Å². The third kappa shape index (κ3) is 4.41. The van der Waals surface area contributed by atoms with Gasteiger partial charge >= 0.3 is 5.97 Å². The summed E-state index contributed by atoms with van der Waals surface area (Å²) in [4.78, 5) is 46.0. The van der Waals surface area contributed by atoms with Crippen molar-refractivity contribution in [2.45, 2.75) is 54.1 Å². The predicted octanol–water partition coefficient (Wildman–Crippen LogP) is 4.58. The first-order chi connectivity index (χ1) is 19.2. The van der Waals surface area contributed by atoms with Crippen LogP contribution in [-0.2, 0) is 19.1 Å². The monoisotopic (exact) mass is 626 g/mol. The van der Waals surface area contributed by atoms with Crippen molar-refractivity contribution < 1.29 is 24.2 Å². The number of hydrogen-bond acceptors (Lipinski definition) is 6. The lowest BCUT2D eigenvalue weighted by Crippen LogP contribution is -2.56. The van der Waals surface area contributed by atoms with E-state index in [-0.39, 0.29) is 41.6 Å². The highest BCUT2D eigenvalue weighted by molar-refractivity contribution is 9.09. The number of amides is 2. The van der Waals surface area contributed by atoms with E-state index in [1.54, 1.807) is 34.6 Å². The number of carbonyl (C=O) groups excluding carboxylic acids is 3. The third-order valence-corrected chi connectivity index (χ3v) is 11.7. The fourth-order valence-corrected chi connectivity index (χ4v) is 10.6. The summed E-state index contributed by atoms with van der Waals surface area (Å²) in [6.45, 7) is 9.71. The van der Waals surface area contributed by atoms with Crippen LogP contribution in [0.3, 0.4) is 0 Å². The molecule has 9 heteroatoms. The van der Waals surface area contributed by atoms with Gasteiger partial charge in [-0.15, -0.1) is 18.3 Å². The van der Waals surface area contributed by atoms with Crippen molar-refractivity contribution in [2.75, 3.05) is 24.7 Å². The number of ether oxygens (including phenoxy) is 1. The number of rotatable bonds is 9. The van der Waals surface area contributed by atoms with Gasteiger partial charge < -0.3 is 19.6 Å². The van der Waals surface area contributed by atoms with E-state index in [0.29, 0.717) is 6.42 Å². The summed E-state index contributed by atoms with van der Waals surface area (Å²) in [5.41, 5.74) is 3.40. The van der Waals surface area contributed by atoms with Crippen LogP contribution in [0.4, 0.5) is 5.69 Å². The number of alkyl halides is 1. The first-order valence-electron chi connectivity index (χ1n) is 13.7. The maximum absolute atomic E-state index is 14.9. The lowest BCUT2D eigenvalue weighted by molar-refractivity contribution is -0.154. The molecule has 0 aromatic heterocycles. The molecular weight excluding hydrogens is 592 g/mol. The van der Waals surface area contributed by atoms with Crippen molar-refractivity contribution in [3.05, 3.63) is 77.9 Å². The van der Waals surface area contributed by atoms with E-state index in [0.717, 1.165) is 22.4 Å². The normalized spacial score (nSPS) is 29.3. The molecule has 3 aliphatic rings. The summed E-state index contributed by atoms with van der Waals surface area (Å²) >= 11 is 5.35. The Bertz CT molecular complexity index is 1300. The van der Waals surface area contributed by atoms with Crippen molar-refractivity contribution in [2.24, 2.45) is 11.8 Å². The number of nitrogens with zero attached hydrogens (tertiary/aromatic N) is 2. The van der Waals surface area contributed by atoms with Crippen molar-refractivity contribution in [3.8, 4) is 0 Å². The Morgan fingerprint density at radius 3 is 2.50 bits per heavy atom. The SMILES string of the molecule is C=CCN(C(=O)C1N([C@H](CO)c2ccccc2)C(=O)[C@@H]2[C@@H](C(=O)OCC)[C@@H]3SC12CC3Br)c1c(C)cccc1C. The van der Waals surface area contributed by atoms with Crippen LogP contribution in [0.1, 0.15) is 36.1 Å². The van der Waals surface area contributed by atoms with Gasteiger partial charge in [-0.2, -0.15) is 0 Å². The molecule has 5 rings (SSSR count). The smallest absolute Gasteiger partial charge is 0.310 e. The molecule has 2 aromatic carbocycles. The highest BCUT2D eigenvalue weighted by atomic mass is 79.9. The number of aliphatic hydroxyl groups is 1. The molecule has 1 N–H and O–H groups in total. The minimum absolute atomic E-state index is 0.0661. The molecule has 3 heterocycles. The highest BCUT2D eigenvalue weighted by Gasteiger charge is 2.76. The van der Waals surface area contributed by atoms with Gasteiger partial charge in [-0.05, 0) is 43.9 Å². The lowest BCUT2D eigenvalue weighted by atomic mass is 9.71.